The van der Waals surface area contributed by atoms with Gasteiger partial charge in [-0.25, -0.2) is 0 Å². The zero-order valence-corrected chi connectivity index (χ0v) is 7.67. The van der Waals surface area contributed by atoms with Crippen molar-refractivity contribution < 1.29 is 9.45 Å². The normalized spacial score (nSPS) is 11.3. The van der Waals surface area contributed by atoms with Crippen molar-refractivity contribution >= 4 is 32.6 Å². The maximum Gasteiger partial charge on any atom is 0.0286 e. The smallest absolute Gasteiger partial charge is 0.0286 e. The maximum absolute atomic E-state index is 8.38. The van der Waals surface area contributed by atoms with Gasteiger partial charge in [-0.05, 0) is 24.0 Å². The fraction of sp³-hybridized carbons (Fsp3) is 1.00. The lowest BCUT2D eigenvalue weighted by molar-refractivity contribution is 0.647. The fourth-order valence-electron chi connectivity index (χ4n) is 0.316. The molecule has 0 rings (SSSR count). The van der Waals surface area contributed by atoms with Crippen LogP contribution in [0.3, 0.4) is 0 Å². The highest BCUT2D eigenvalue weighted by molar-refractivity contribution is 8.01. The lowest BCUT2D eigenvalue weighted by atomic mass is 10.9. The van der Waals surface area contributed by atoms with E-state index in [4.69, 9.17) is 9.45 Å². The lowest BCUT2D eigenvalue weighted by Gasteiger charge is -1.95. The molecule has 0 aromatic carbocycles. The molecule has 1 unspecified atom stereocenters. The quantitative estimate of drug-likeness (QED) is 0.375. The standard InChI is InChI=1S/C4H11O2PS2/c5-7-1-2-8-3-4-9-6/h5-7H,1-4H2. The highest BCUT2D eigenvalue weighted by Gasteiger charge is 1.87. The molecule has 2 nitrogen and oxygen atoms in total. The van der Waals surface area contributed by atoms with Gasteiger partial charge in [0.25, 0.3) is 0 Å². The summed E-state index contributed by atoms with van der Waals surface area (Å²) in [6.07, 6.45) is 0.890. The van der Waals surface area contributed by atoms with E-state index in [1.807, 2.05) is 0 Å². The Morgan fingerprint density at radius 2 is 2.00 bits per heavy atom. The van der Waals surface area contributed by atoms with E-state index in [0.717, 1.165) is 35.5 Å². The van der Waals surface area contributed by atoms with Gasteiger partial charge in [-0.2, -0.15) is 11.8 Å². The summed E-state index contributed by atoms with van der Waals surface area (Å²) in [6, 6.07) is 0. The SMILES string of the molecule is OPCCSCCSO. The van der Waals surface area contributed by atoms with Crippen molar-refractivity contribution in [3.05, 3.63) is 0 Å². The maximum atomic E-state index is 8.38. The molecule has 0 spiro atoms. The highest BCUT2D eigenvalue weighted by Crippen LogP contribution is 2.08. The van der Waals surface area contributed by atoms with Gasteiger partial charge in [-0.3, -0.25) is 0 Å². The van der Waals surface area contributed by atoms with Crippen LogP contribution in [0.4, 0.5) is 0 Å². The second-order valence-electron chi connectivity index (χ2n) is 1.35. The van der Waals surface area contributed by atoms with E-state index < -0.39 is 0 Å². The summed E-state index contributed by atoms with van der Waals surface area (Å²) in [6.45, 7) is 0. The molecule has 5 heteroatoms. The van der Waals surface area contributed by atoms with E-state index in [1.54, 1.807) is 11.8 Å². The Morgan fingerprint density at radius 3 is 2.56 bits per heavy atom. The van der Waals surface area contributed by atoms with Crippen LogP contribution in [0.1, 0.15) is 0 Å². The summed E-state index contributed by atoms with van der Waals surface area (Å²) in [5.74, 6) is 2.78. The highest BCUT2D eigenvalue weighted by atomic mass is 32.2. The minimum atomic E-state index is 0.0796. The largest absolute Gasteiger partial charge is 0.377 e. The molecule has 2 N–H and O–H groups in total. The Balaban J connectivity index is 2.60. The Kier molecular flexibility index (Phi) is 10.1. The molecule has 0 fully saturated rings. The number of thioether (sulfide) groups is 1. The molecule has 9 heavy (non-hydrogen) atoms. The van der Waals surface area contributed by atoms with Gasteiger partial charge < -0.3 is 9.45 Å². The van der Waals surface area contributed by atoms with Crippen molar-refractivity contribution in [2.45, 2.75) is 0 Å². The molecular formula is C4H11O2PS2. The van der Waals surface area contributed by atoms with E-state index >= 15 is 0 Å². The van der Waals surface area contributed by atoms with Crippen molar-refractivity contribution in [2.24, 2.45) is 0 Å². The van der Waals surface area contributed by atoms with E-state index in [-0.39, 0.29) is 8.81 Å². The summed E-state index contributed by atoms with van der Waals surface area (Å²) in [7, 11) is 0.0796. The topological polar surface area (TPSA) is 40.5 Å². The van der Waals surface area contributed by atoms with Gasteiger partial charge in [0.15, 0.2) is 0 Å². The number of hydrogen-bond donors (Lipinski definition) is 2. The molecule has 56 valence electrons. The average Bonchev–Trinajstić information content (AvgIpc) is 1.89. The van der Waals surface area contributed by atoms with Crippen molar-refractivity contribution in [1.82, 2.24) is 0 Å². The van der Waals surface area contributed by atoms with E-state index in [0.29, 0.717) is 0 Å². The minimum absolute atomic E-state index is 0.0796. The van der Waals surface area contributed by atoms with Gasteiger partial charge in [0.1, 0.15) is 0 Å². The third-order valence-corrected chi connectivity index (χ3v) is 3.14. The van der Waals surface area contributed by atoms with Crippen LogP contribution in [-0.2, 0) is 0 Å². The third kappa shape index (κ3) is 9.05. The predicted octanol–water partition coefficient (Wildman–Crippen LogP) is 1.51. The summed E-state index contributed by atoms with van der Waals surface area (Å²) >= 11 is 2.65. The average molecular weight is 186 g/mol. The Hall–Kier alpha value is 1.05. The van der Waals surface area contributed by atoms with Crippen LogP contribution in [-0.4, -0.2) is 32.9 Å². The van der Waals surface area contributed by atoms with Crippen LogP contribution in [0.15, 0.2) is 0 Å². The molecule has 0 bridgehead atoms. The Morgan fingerprint density at radius 1 is 1.22 bits per heavy atom. The lowest BCUT2D eigenvalue weighted by Crippen LogP contribution is -1.86. The zero-order valence-electron chi connectivity index (χ0n) is 5.04. The van der Waals surface area contributed by atoms with E-state index in [1.165, 1.54) is 0 Å². The van der Waals surface area contributed by atoms with Crippen LogP contribution in [0.5, 0.6) is 0 Å². The first-order valence-electron chi connectivity index (χ1n) is 2.63. The second kappa shape index (κ2) is 9.05. The predicted molar refractivity (Wildman–Crippen MR) is 47.8 cm³/mol. The molecule has 0 aliphatic carbocycles. The van der Waals surface area contributed by atoms with Crippen molar-refractivity contribution in [2.75, 3.05) is 23.4 Å². The molecule has 0 saturated carbocycles. The number of rotatable bonds is 6. The van der Waals surface area contributed by atoms with Crippen molar-refractivity contribution in [3.63, 3.8) is 0 Å². The van der Waals surface area contributed by atoms with Gasteiger partial charge in [-0.1, -0.05) is 0 Å². The fourth-order valence-corrected chi connectivity index (χ4v) is 2.23. The van der Waals surface area contributed by atoms with Crippen LogP contribution in [0.25, 0.3) is 0 Å². The minimum Gasteiger partial charge on any atom is -0.377 e. The van der Waals surface area contributed by atoms with Crippen LogP contribution in [0, 0.1) is 0 Å². The van der Waals surface area contributed by atoms with Crippen LogP contribution in [0.2, 0.25) is 0 Å². The molecule has 0 aromatic rings. The van der Waals surface area contributed by atoms with Crippen LogP contribution < -0.4 is 0 Å². The van der Waals surface area contributed by atoms with Gasteiger partial charge in [0.2, 0.25) is 0 Å². The van der Waals surface area contributed by atoms with Crippen molar-refractivity contribution in [3.8, 4) is 0 Å². The molecule has 0 heterocycles. The van der Waals surface area contributed by atoms with E-state index in [9.17, 15) is 0 Å². The summed E-state index contributed by atoms with van der Waals surface area (Å²) in [5, 5.41) is 0. The van der Waals surface area contributed by atoms with Gasteiger partial charge >= 0.3 is 0 Å². The Bertz CT molecular complexity index is 49.8. The monoisotopic (exact) mass is 186 g/mol. The van der Waals surface area contributed by atoms with E-state index in [2.05, 4.69) is 0 Å². The first kappa shape index (κ1) is 10.0. The summed E-state index contributed by atoms with van der Waals surface area (Å²) < 4.78 is 8.28. The molecule has 0 aliphatic rings. The third-order valence-electron chi connectivity index (χ3n) is 0.677. The molecule has 0 amide bonds. The van der Waals surface area contributed by atoms with Gasteiger partial charge in [0, 0.05) is 20.3 Å². The molecule has 0 aromatic heterocycles. The Labute approximate surface area is 65.9 Å². The van der Waals surface area contributed by atoms with Gasteiger partial charge in [-0.15, -0.1) is 0 Å². The molecular weight excluding hydrogens is 175 g/mol. The molecule has 0 radical (unpaired) electrons. The number of hydrogen-bond acceptors (Lipinski definition) is 4. The zero-order chi connectivity index (χ0) is 6.95. The molecule has 0 aliphatic heterocycles. The second-order valence-corrected chi connectivity index (χ2v) is 4.06. The van der Waals surface area contributed by atoms with Gasteiger partial charge in [0.05, 0.1) is 0 Å². The molecule has 1 atom stereocenters. The molecule has 0 saturated heterocycles. The summed E-state index contributed by atoms with van der Waals surface area (Å²) in [5.41, 5.74) is 0. The van der Waals surface area contributed by atoms with Crippen molar-refractivity contribution in [1.29, 1.82) is 0 Å². The first-order valence-corrected chi connectivity index (χ1v) is 5.88. The van der Waals surface area contributed by atoms with Crippen LogP contribution >= 0.6 is 32.6 Å². The first-order chi connectivity index (χ1) is 4.41. The summed E-state index contributed by atoms with van der Waals surface area (Å²) in [4.78, 5) is 8.38.